The Balaban J connectivity index is 1.78. The molecule has 5 heteroatoms. The van der Waals surface area contributed by atoms with Gasteiger partial charge in [-0.15, -0.1) is 0 Å². The number of halogens is 2. The molecule has 0 saturated heterocycles. The molecule has 1 N–H and O–H groups in total. The molecule has 0 spiro atoms. The number of hydrogen-bond donors (Lipinski definition) is 1. The molecule has 94 valence electrons. The number of aromatic nitrogens is 1. The van der Waals surface area contributed by atoms with Crippen molar-refractivity contribution < 1.29 is 4.42 Å². The van der Waals surface area contributed by atoms with E-state index in [2.05, 4.69) is 10.3 Å². The molecule has 1 saturated carbocycles. The van der Waals surface area contributed by atoms with E-state index < -0.39 is 0 Å². The van der Waals surface area contributed by atoms with Gasteiger partial charge in [-0.1, -0.05) is 23.2 Å². The summed E-state index contributed by atoms with van der Waals surface area (Å²) in [5.74, 6) is 0.548. The lowest BCUT2D eigenvalue weighted by Gasteiger charge is -1.98. The average molecular weight is 283 g/mol. The van der Waals surface area contributed by atoms with Gasteiger partial charge >= 0.3 is 0 Å². The first-order valence-corrected chi connectivity index (χ1v) is 6.60. The van der Waals surface area contributed by atoms with Crippen molar-refractivity contribution in [2.45, 2.75) is 25.4 Å². The van der Waals surface area contributed by atoms with Crippen LogP contribution in [-0.2, 0) is 6.54 Å². The minimum atomic E-state index is 0.548. The predicted octanol–water partition coefficient (Wildman–Crippen LogP) is 3.90. The highest BCUT2D eigenvalue weighted by Gasteiger charge is 2.20. The minimum absolute atomic E-state index is 0.548. The quantitative estimate of drug-likeness (QED) is 0.924. The molecule has 1 fully saturated rings. The highest BCUT2D eigenvalue weighted by Crippen LogP contribution is 2.27. The van der Waals surface area contributed by atoms with E-state index >= 15 is 0 Å². The van der Waals surface area contributed by atoms with Crippen molar-refractivity contribution in [3.8, 4) is 11.5 Å². The normalized spacial score (nSPS) is 15.0. The van der Waals surface area contributed by atoms with Crippen LogP contribution >= 0.6 is 23.2 Å². The van der Waals surface area contributed by atoms with Crippen molar-refractivity contribution in [1.29, 1.82) is 0 Å². The third-order valence-electron chi connectivity index (χ3n) is 2.81. The maximum absolute atomic E-state index is 5.95. The summed E-state index contributed by atoms with van der Waals surface area (Å²) in [5, 5.41) is 4.54. The fourth-order valence-corrected chi connectivity index (χ4v) is 2.26. The molecule has 0 atom stereocenters. The number of rotatable bonds is 4. The first kappa shape index (κ1) is 12.0. The SMILES string of the molecule is Clc1cc(Cl)cc(-c2nc(CNC3CC3)co2)c1. The second-order valence-electron chi connectivity index (χ2n) is 4.46. The predicted molar refractivity (Wildman–Crippen MR) is 71.8 cm³/mol. The molecular formula is C13H12Cl2N2O. The van der Waals surface area contributed by atoms with Gasteiger partial charge in [0.2, 0.25) is 5.89 Å². The van der Waals surface area contributed by atoms with E-state index in [0.717, 1.165) is 17.8 Å². The van der Waals surface area contributed by atoms with Crippen LogP contribution in [0.15, 0.2) is 28.9 Å². The van der Waals surface area contributed by atoms with E-state index in [1.165, 1.54) is 12.8 Å². The molecule has 1 aliphatic rings. The minimum Gasteiger partial charge on any atom is -0.444 e. The maximum Gasteiger partial charge on any atom is 0.226 e. The second kappa shape index (κ2) is 4.92. The van der Waals surface area contributed by atoms with Crippen LogP contribution in [0.2, 0.25) is 10.0 Å². The molecule has 18 heavy (non-hydrogen) atoms. The Kier molecular flexibility index (Phi) is 3.29. The molecule has 0 unspecified atom stereocenters. The van der Waals surface area contributed by atoms with Crippen LogP contribution in [-0.4, -0.2) is 11.0 Å². The van der Waals surface area contributed by atoms with E-state index in [-0.39, 0.29) is 0 Å². The fraction of sp³-hybridized carbons (Fsp3) is 0.308. The van der Waals surface area contributed by atoms with Gasteiger partial charge in [-0.05, 0) is 31.0 Å². The van der Waals surface area contributed by atoms with Crippen LogP contribution in [0.5, 0.6) is 0 Å². The molecule has 1 aromatic carbocycles. The van der Waals surface area contributed by atoms with E-state index in [1.54, 1.807) is 24.5 Å². The van der Waals surface area contributed by atoms with E-state index in [1.807, 2.05) is 0 Å². The zero-order chi connectivity index (χ0) is 12.5. The Morgan fingerprint density at radius 2 is 1.94 bits per heavy atom. The molecule has 0 aliphatic heterocycles. The van der Waals surface area contributed by atoms with Crippen molar-refractivity contribution >= 4 is 23.2 Å². The van der Waals surface area contributed by atoms with Gasteiger partial charge in [-0.2, -0.15) is 0 Å². The van der Waals surface area contributed by atoms with E-state index in [9.17, 15) is 0 Å². The Labute approximate surface area is 115 Å². The largest absolute Gasteiger partial charge is 0.444 e. The highest BCUT2D eigenvalue weighted by molar-refractivity contribution is 6.35. The zero-order valence-corrected chi connectivity index (χ0v) is 11.1. The van der Waals surface area contributed by atoms with Gasteiger partial charge in [-0.3, -0.25) is 0 Å². The summed E-state index contributed by atoms with van der Waals surface area (Å²) >= 11 is 11.9. The van der Waals surface area contributed by atoms with Crippen LogP contribution in [0.3, 0.4) is 0 Å². The fourth-order valence-electron chi connectivity index (χ4n) is 1.73. The first-order chi connectivity index (χ1) is 8.70. The van der Waals surface area contributed by atoms with Crippen LogP contribution < -0.4 is 5.32 Å². The van der Waals surface area contributed by atoms with Gasteiger partial charge in [0, 0.05) is 28.2 Å². The Hall–Kier alpha value is -1.03. The lowest BCUT2D eigenvalue weighted by molar-refractivity contribution is 0.570. The van der Waals surface area contributed by atoms with Crippen molar-refractivity contribution in [2.24, 2.45) is 0 Å². The molecular weight excluding hydrogens is 271 g/mol. The van der Waals surface area contributed by atoms with Crippen molar-refractivity contribution in [2.75, 3.05) is 0 Å². The number of hydrogen-bond acceptors (Lipinski definition) is 3. The summed E-state index contributed by atoms with van der Waals surface area (Å²) in [6.07, 6.45) is 4.18. The Bertz CT molecular complexity index is 544. The van der Waals surface area contributed by atoms with Gasteiger partial charge in [0.1, 0.15) is 6.26 Å². The van der Waals surface area contributed by atoms with Crippen LogP contribution in [0.4, 0.5) is 0 Å². The molecule has 3 rings (SSSR count). The lowest BCUT2D eigenvalue weighted by Crippen LogP contribution is -2.15. The topological polar surface area (TPSA) is 38.1 Å². The summed E-state index contributed by atoms with van der Waals surface area (Å²) in [5.41, 5.74) is 1.69. The van der Waals surface area contributed by atoms with Gasteiger partial charge in [0.15, 0.2) is 0 Å². The van der Waals surface area contributed by atoms with Gasteiger partial charge in [0.05, 0.1) is 5.69 Å². The lowest BCUT2D eigenvalue weighted by atomic mass is 10.2. The number of nitrogens with zero attached hydrogens (tertiary/aromatic N) is 1. The standard InChI is InChI=1S/C13H12Cl2N2O/c14-9-3-8(4-10(15)5-9)13-17-12(7-18-13)6-16-11-1-2-11/h3-5,7,11,16H,1-2,6H2. The van der Waals surface area contributed by atoms with Gasteiger partial charge in [0.25, 0.3) is 0 Å². The molecule has 1 heterocycles. The third-order valence-corrected chi connectivity index (χ3v) is 3.25. The smallest absolute Gasteiger partial charge is 0.226 e. The van der Waals surface area contributed by atoms with E-state index in [4.69, 9.17) is 27.6 Å². The molecule has 0 amide bonds. The highest BCUT2D eigenvalue weighted by atomic mass is 35.5. The monoisotopic (exact) mass is 282 g/mol. The van der Waals surface area contributed by atoms with Crippen molar-refractivity contribution in [3.63, 3.8) is 0 Å². The van der Waals surface area contributed by atoms with Crippen LogP contribution in [0, 0.1) is 0 Å². The summed E-state index contributed by atoms with van der Waals surface area (Å²) in [6, 6.07) is 5.92. The molecule has 3 nitrogen and oxygen atoms in total. The van der Waals surface area contributed by atoms with Crippen LogP contribution in [0.25, 0.3) is 11.5 Å². The number of benzene rings is 1. The Morgan fingerprint density at radius 1 is 1.22 bits per heavy atom. The summed E-state index contributed by atoms with van der Waals surface area (Å²) in [6.45, 7) is 0.739. The number of nitrogens with one attached hydrogen (secondary N) is 1. The molecule has 1 aliphatic carbocycles. The van der Waals surface area contributed by atoms with Crippen molar-refractivity contribution in [1.82, 2.24) is 10.3 Å². The Morgan fingerprint density at radius 3 is 2.61 bits per heavy atom. The van der Waals surface area contributed by atoms with Crippen LogP contribution in [0.1, 0.15) is 18.5 Å². The van der Waals surface area contributed by atoms with Gasteiger partial charge < -0.3 is 9.73 Å². The summed E-state index contributed by atoms with van der Waals surface area (Å²) in [7, 11) is 0. The zero-order valence-electron chi connectivity index (χ0n) is 9.62. The molecule has 2 aromatic rings. The average Bonchev–Trinajstić information content (AvgIpc) is 3.02. The second-order valence-corrected chi connectivity index (χ2v) is 5.33. The van der Waals surface area contributed by atoms with Crippen molar-refractivity contribution in [3.05, 3.63) is 40.2 Å². The number of oxazole rings is 1. The molecule has 0 bridgehead atoms. The van der Waals surface area contributed by atoms with E-state index in [0.29, 0.717) is 22.0 Å². The molecule has 1 aromatic heterocycles. The van der Waals surface area contributed by atoms with Gasteiger partial charge in [-0.25, -0.2) is 4.98 Å². The maximum atomic E-state index is 5.95. The summed E-state index contributed by atoms with van der Waals surface area (Å²) in [4.78, 5) is 4.42. The summed E-state index contributed by atoms with van der Waals surface area (Å²) < 4.78 is 5.44. The molecule has 0 radical (unpaired) electrons. The first-order valence-electron chi connectivity index (χ1n) is 5.85. The third kappa shape index (κ3) is 2.86.